The Kier molecular flexibility index (Phi) is 4.82. The first-order chi connectivity index (χ1) is 10.3. The highest BCUT2D eigenvalue weighted by Gasteiger charge is 2.52. The Bertz CT molecular complexity index is 442. The minimum atomic E-state index is -0.454. The van der Waals surface area contributed by atoms with Gasteiger partial charge in [-0.25, -0.2) is 4.79 Å². The first-order valence-electron chi connectivity index (χ1n) is 8.64. The Morgan fingerprint density at radius 1 is 1.17 bits per heavy atom. The van der Waals surface area contributed by atoms with Crippen molar-refractivity contribution in [2.24, 2.45) is 11.8 Å². The van der Waals surface area contributed by atoms with Crippen molar-refractivity contribution in [1.82, 2.24) is 4.90 Å². The van der Waals surface area contributed by atoms with Gasteiger partial charge in [0.2, 0.25) is 0 Å². The third-order valence-electron chi connectivity index (χ3n) is 5.22. The molecule has 0 aliphatic carbocycles. The zero-order chi connectivity index (χ0) is 17.6. The standard InChI is InChI=1S/C17H32BNO4/c1-12-10-19(14(20)21-15(2,3)4)11-13(12)9-18-22-16(5,6)17(7,8)23-18/h12-13H,9-11H2,1-8H3/t12-,13-/m0/s1. The van der Waals surface area contributed by atoms with Crippen LogP contribution in [0.3, 0.4) is 0 Å². The summed E-state index contributed by atoms with van der Waals surface area (Å²) in [5.41, 5.74) is -1.06. The highest BCUT2D eigenvalue weighted by Crippen LogP contribution is 2.40. The maximum atomic E-state index is 12.2. The van der Waals surface area contributed by atoms with Crippen LogP contribution in [-0.2, 0) is 14.0 Å². The number of rotatable bonds is 2. The van der Waals surface area contributed by atoms with Crippen LogP contribution in [0.2, 0.25) is 6.32 Å². The number of ether oxygens (including phenoxy) is 1. The van der Waals surface area contributed by atoms with Gasteiger partial charge in [0.25, 0.3) is 0 Å². The van der Waals surface area contributed by atoms with Crippen molar-refractivity contribution < 1.29 is 18.8 Å². The van der Waals surface area contributed by atoms with E-state index in [1.165, 1.54) is 0 Å². The minimum absolute atomic E-state index is 0.203. The Morgan fingerprint density at radius 3 is 2.17 bits per heavy atom. The molecule has 0 N–H and O–H groups in total. The molecule has 5 nitrogen and oxygen atoms in total. The van der Waals surface area contributed by atoms with Gasteiger partial charge in [-0.1, -0.05) is 6.92 Å². The predicted octanol–water partition coefficient (Wildman–Crippen LogP) is 3.58. The van der Waals surface area contributed by atoms with E-state index >= 15 is 0 Å². The Balaban J connectivity index is 1.92. The van der Waals surface area contributed by atoms with Crippen molar-refractivity contribution in [2.45, 2.75) is 78.5 Å². The maximum Gasteiger partial charge on any atom is 0.458 e. The minimum Gasteiger partial charge on any atom is -0.444 e. The fourth-order valence-electron chi connectivity index (χ4n) is 3.13. The molecule has 132 valence electrons. The van der Waals surface area contributed by atoms with Crippen molar-refractivity contribution in [3.05, 3.63) is 0 Å². The molecule has 0 aromatic carbocycles. The van der Waals surface area contributed by atoms with Crippen LogP contribution >= 0.6 is 0 Å². The molecule has 2 rings (SSSR count). The smallest absolute Gasteiger partial charge is 0.444 e. The fraction of sp³-hybridized carbons (Fsp3) is 0.941. The van der Waals surface area contributed by atoms with Gasteiger partial charge in [-0.05, 0) is 66.6 Å². The fourth-order valence-corrected chi connectivity index (χ4v) is 3.13. The number of likely N-dealkylation sites (tertiary alicyclic amines) is 1. The molecule has 0 spiro atoms. The van der Waals surface area contributed by atoms with Gasteiger partial charge in [-0.2, -0.15) is 0 Å². The Labute approximate surface area is 141 Å². The molecule has 6 heteroatoms. The average Bonchev–Trinajstić information content (AvgIpc) is 2.76. The highest BCUT2D eigenvalue weighted by molar-refractivity contribution is 6.45. The second-order valence-corrected chi connectivity index (χ2v) is 9.04. The summed E-state index contributed by atoms with van der Waals surface area (Å²) in [5, 5.41) is 0. The quantitative estimate of drug-likeness (QED) is 0.728. The van der Waals surface area contributed by atoms with Crippen LogP contribution in [0.5, 0.6) is 0 Å². The molecule has 2 atom stereocenters. The summed E-state index contributed by atoms with van der Waals surface area (Å²) >= 11 is 0. The topological polar surface area (TPSA) is 48.0 Å². The van der Waals surface area contributed by atoms with E-state index in [0.29, 0.717) is 18.4 Å². The molecule has 0 unspecified atom stereocenters. The molecular weight excluding hydrogens is 293 g/mol. The van der Waals surface area contributed by atoms with E-state index < -0.39 is 5.60 Å². The number of hydrogen-bond donors (Lipinski definition) is 0. The van der Waals surface area contributed by atoms with Gasteiger partial charge >= 0.3 is 13.2 Å². The van der Waals surface area contributed by atoms with Crippen molar-refractivity contribution >= 4 is 13.2 Å². The van der Waals surface area contributed by atoms with E-state index in [-0.39, 0.29) is 24.4 Å². The van der Waals surface area contributed by atoms with Crippen molar-refractivity contribution in [2.75, 3.05) is 13.1 Å². The molecule has 0 radical (unpaired) electrons. The van der Waals surface area contributed by atoms with Gasteiger partial charge < -0.3 is 18.9 Å². The number of nitrogens with zero attached hydrogens (tertiary/aromatic N) is 1. The van der Waals surface area contributed by atoms with Crippen molar-refractivity contribution in [1.29, 1.82) is 0 Å². The predicted molar refractivity (Wildman–Crippen MR) is 91.4 cm³/mol. The Hall–Kier alpha value is -0.745. The van der Waals surface area contributed by atoms with E-state index in [9.17, 15) is 4.79 Å². The van der Waals surface area contributed by atoms with Crippen LogP contribution in [0.25, 0.3) is 0 Å². The van der Waals surface area contributed by atoms with Crippen LogP contribution in [0.1, 0.15) is 55.4 Å². The molecule has 0 aromatic rings. The zero-order valence-corrected chi connectivity index (χ0v) is 15.9. The molecule has 0 saturated carbocycles. The van der Waals surface area contributed by atoms with Crippen LogP contribution in [0.4, 0.5) is 4.79 Å². The third-order valence-corrected chi connectivity index (χ3v) is 5.22. The average molecular weight is 325 g/mol. The molecule has 2 aliphatic heterocycles. The van der Waals surface area contributed by atoms with Gasteiger partial charge in [0, 0.05) is 13.1 Å². The lowest BCUT2D eigenvalue weighted by Gasteiger charge is -2.32. The second-order valence-electron chi connectivity index (χ2n) is 9.04. The maximum absolute atomic E-state index is 12.2. The number of carbonyl (C=O) groups excluding carboxylic acids is 1. The van der Waals surface area contributed by atoms with E-state index in [4.69, 9.17) is 14.0 Å². The van der Waals surface area contributed by atoms with Crippen molar-refractivity contribution in [3.8, 4) is 0 Å². The van der Waals surface area contributed by atoms with Gasteiger partial charge in [-0.3, -0.25) is 0 Å². The van der Waals surface area contributed by atoms with Crippen LogP contribution in [0.15, 0.2) is 0 Å². The normalized spacial score (nSPS) is 29.9. The van der Waals surface area contributed by atoms with Crippen LogP contribution < -0.4 is 0 Å². The van der Waals surface area contributed by atoms with Gasteiger partial charge in [0.05, 0.1) is 11.2 Å². The summed E-state index contributed by atoms with van der Waals surface area (Å²) in [5.74, 6) is 0.791. The number of amides is 1. The molecule has 2 fully saturated rings. The summed E-state index contributed by atoms with van der Waals surface area (Å²) in [7, 11) is -0.203. The molecule has 2 heterocycles. The lowest BCUT2D eigenvalue weighted by Crippen LogP contribution is -2.41. The van der Waals surface area contributed by atoms with Crippen molar-refractivity contribution in [3.63, 3.8) is 0 Å². The molecule has 1 amide bonds. The molecule has 0 bridgehead atoms. The van der Waals surface area contributed by atoms with E-state index in [2.05, 4.69) is 34.6 Å². The molecular formula is C17H32BNO4. The molecule has 0 aromatic heterocycles. The first kappa shape index (κ1) is 18.6. The van der Waals surface area contributed by atoms with Crippen LogP contribution in [0, 0.1) is 11.8 Å². The highest BCUT2D eigenvalue weighted by atomic mass is 16.7. The van der Waals surface area contributed by atoms with E-state index in [0.717, 1.165) is 12.9 Å². The number of hydrogen-bond acceptors (Lipinski definition) is 4. The zero-order valence-electron chi connectivity index (χ0n) is 15.9. The summed E-state index contributed by atoms with van der Waals surface area (Å²) in [4.78, 5) is 14.0. The summed E-state index contributed by atoms with van der Waals surface area (Å²) in [6, 6.07) is 0. The summed E-state index contributed by atoms with van der Waals surface area (Å²) < 4.78 is 17.7. The van der Waals surface area contributed by atoms with Gasteiger partial charge in [0.1, 0.15) is 5.60 Å². The monoisotopic (exact) mass is 325 g/mol. The third kappa shape index (κ3) is 4.21. The number of carbonyl (C=O) groups is 1. The van der Waals surface area contributed by atoms with Gasteiger partial charge in [-0.15, -0.1) is 0 Å². The summed E-state index contributed by atoms with van der Waals surface area (Å²) in [6.07, 6.45) is 0.591. The summed E-state index contributed by atoms with van der Waals surface area (Å²) in [6.45, 7) is 17.6. The second kappa shape index (κ2) is 5.96. The molecule has 2 saturated heterocycles. The Morgan fingerprint density at radius 2 is 1.70 bits per heavy atom. The lowest BCUT2D eigenvalue weighted by molar-refractivity contribution is 0.00578. The van der Waals surface area contributed by atoms with Crippen LogP contribution in [-0.4, -0.2) is 48.0 Å². The molecule has 23 heavy (non-hydrogen) atoms. The van der Waals surface area contributed by atoms with E-state index in [1.807, 2.05) is 25.7 Å². The SMILES string of the molecule is C[C@H]1CN(C(=O)OC(C)(C)C)C[C@@H]1CB1OC(C)(C)C(C)(C)O1. The van der Waals surface area contributed by atoms with E-state index in [1.54, 1.807) is 0 Å². The largest absolute Gasteiger partial charge is 0.458 e. The van der Waals surface area contributed by atoms with Gasteiger partial charge in [0.15, 0.2) is 0 Å². The molecule has 2 aliphatic rings. The first-order valence-corrected chi connectivity index (χ1v) is 8.64. The lowest BCUT2D eigenvalue weighted by atomic mass is 9.74.